The van der Waals surface area contributed by atoms with E-state index in [1.807, 2.05) is 6.19 Å². The first-order valence-corrected chi connectivity index (χ1v) is 4.77. The van der Waals surface area contributed by atoms with Gasteiger partial charge in [-0.3, -0.25) is 0 Å². The Morgan fingerprint density at radius 3 is 2.67 bits per heavy atom. The average molecular weight is 164 g/mol. The van der Waals surface area contributed by atoms with Crippen LogP contribution in [0.5, 0.6) is 0 Å². The summed E-state index contributed by atoms with van der Waals surface area (Å²) in [5.41, 5.74) is 0. The van der Waals surface area contributed by atoms with E-state index in [1.165, 1.54) is 32.1 Å². The molecule has 1 rings (SSSR count). The molecule has 1 aliphatic rings. The lowest BCUT2D eigenvalue weighted by atomic mass is 9.81. The SMILES string of the molecule is CC(/C=N/C#N)C1CCCCC1. The maximum atomic E-state index is 8.27. The number of hydrogen-bond acceptors (Lipinski definition) is 2. The van der Waals surface area contributed by atoms with Gasteiger partial charge >= 0.3 is 0 Å². The van der Waals surface area contributed by atoms with Crippen molar-refractivity contribution in [3.05, 3.63) is 0 Å². The molecule has 0 N–H and O–H groups in total. The van der Waals surface area contributed by atoms with Gasteiger partial charge in [-0.25, -0.2) is 0 Å². The van der Waals surface area contributed by atoms with Gasteiger partial charge in [-0.15, -0.1) is 0 Å². The van der Waals surface area contributed by atoms with Crippen LogP contribution in [0.25, 0.3) is 0 Å². The van der Waals surface area contributed by atoms with Crippen molar-refractivity contribution in [2.75, 3.05) is 0 Å². The van der Waals surface area contributed by atoms with Crippen molar-refractivity contribution in [1.82, 2.24) is 0 Å². The lowest BCUT2D eigenvalue weighted by Crippen LogP contribution is -2.16. The average Bonchev–Trinajstić information content (AvgIpc) is 2.15. The van der Waals surface area contributed by atoms with E-state index in [1.54, 1.807) is 6.21 Å². The molecule has 1 unspecified atom stereocenters. The summed E-state index contributed by atoms with van der Waals surface area (Å²) < 4.78 is 0. The Balaban J connectivity index is 2.35. The molecule has 12 heavy (non-hydrogen) atoms. The van der Waals surface area contributed by atoms with E-state index in [0.29, 0.717) is 5.92 Å². The highest BCUT2D eigenvalue weighted by atomic mass is 14.7. The third-order valence-corrected chi connectivity index (χ3v) is 2.76. The summed E-state index contributed by atoms with van der Waals surface area (Å²) in [6.07, 6.45) is 10.3. The molecule has 1 atom stereocenters. The predicted octanol–water partition coefficient (Wildman–Crippen LogP) is 2.75. The number of nitrogens with zero attached hydrogens (tertiary/aromatic N) is 2. The first-order valence-electron chi connectivity index (χ1n) is 4.77. The van der Waals surface area contributed by atoms with Gasteiger partial charge < -0.3 is 0 Å². The van der Waals surface area contributed by atoms with Crippen LogP contribution in [-0.2, 0) is 0 Å². The molecule has 0 bridgehead atoms. The summed E-state index contributed by atoms with van der Waals surface area (Å²) in [5, 5.41) is 8.27. The van der Waals surface area contributed by atoms with Crippen molar-refractivity contribution in [3.63, 3.8) is 0 Å². The summed E-state index contributed by atoms with van der Waals surface area (Å²) in [7, 11) is 0. The Labute approximate surface area is 74.3 Å². The lowest BCUT2D eigenvalue weighted by molar-refractivity contribution is 0.315. The molecular formula is C10H16N2. The molecular weight excluding hydrogens is 148 g/mol. The standard InChI is InChI=1S/C10H16N2/c1-9(7-12-8-11)10-5-3-2-4-6-10/h7,9-10H,2-6H2,1H3/b12-7+. The molecule has 2 heteroatoms. The molecule has 0 aliphatic heterocycles. The number of rotatable bonds is 2. The summed E-state index contributed by atoms with van der Waals surface area (Å²) in [4.78, 5) is 3.63. The van der Waals surface area contributed by atoms with E-state index in [9.17, 15) is 0 Å². The molecule has 0 amide bonds. The van der Waals surface area contributed by atoms with Gasteiger partial charge in [-0.05, 0) is 24.7 Å². The summed E-state index contributed by atoms with van der Waals surface area (Å²) in [6.45, 7) is 2.16. The smallest absolute Gasteiger partial charge is 0.186 e. The van der Waals surface area contributed by atoms with Crippen molar-refractivity contribution in [3.8, 4) is 6.19 Å². The first kappa shape index (κ1) is 9.25. The van der Waals surface area contributed by atoms with Crippen molar-refractivity contribution in [2.45, 2.75) is 39.0 Å². The Bertz CT molecular complexity index is 185. The number of nitriles is 1. The Morgan fingerprint density at radius 1 is 1.42 bits per heavy atom. The van der Waals surface area contributed by atoms with Crippen LogP contribution in [0.1, 0.15) is 39.0 Å². The molecule has 0 heterocycles. The van der Waals surface area contributed by atoms with Crippen LogP contribution < -0.4 is 0 Å². The van der Waals surface area contributed by atoms with E-state index < -0.39 is 0 Å². The van der Waals surface area contributed by atoms with E-state index in [-0.39, 0.29) is 0 Å². The molecule has 0 aromatic carbocycles. The van der Waals surface area contributed by atoms with Crippen LogP contribution >= 0.6 is 0 Å². The minimum absolute atomic E-state index is 0.491. The highest BCUT2D eigenvalue weighted by Gasteiger charge is 2.18. The van der Waals surface area contributed by atoms with Crippen LogP contribution in [0.4, 0.5) is 0 Å². The van der Waals surface area contributed by atoms with Gasteiger partial charge in [0.1, 0.15) is 0 Å². The third kappa shape index (κ3) is 2.65. The van der Waals surface area contributed by atoms with Gasteiger partial charge in [0.15, 0.2) is 0 Å². The summed E-state index contributed by atoms with van der Waals surface area (Å²) in [6, 6.07) is 0. The minimum atomic E-state index is 0.491. The quantitative estimate of drug-likeness (QED) is 0.456. The zero-order valence-corrected chi connectivity index (χ0v) is 7.66. The highest BCUT2D eigenvalue weighted by molar-refractivity contribution is 5.61. The topological polar surface area (TPSA) is 36.1 Å². The zero-order valence-electron chi connectivity index (χ0n) is 7.66. The monoisotopic (exact) mass is 164 g/mol. The molecule has 1 aliphatic carbocycles. The van der Waals surface area contributed by atoms with E-state index in [2.05, 4.69) is 11.9 Å². The Kier molecular flexibility index (Phi) is 3.79. The Morgan fingerprint density at radius 2 is 2.08 bits per heavy atom. The maximum absolute atomic E-state index is 8.27. The first-order chi connectivity index (χ1) is 5.84. The van der Waals surface area contributed by atoms with Crippen LogP contribution in [0.2, 0.25) is 0 Å². The molecule has 66 valence electrons. The fourth-order valence-electron chi connectivity index (χ4n) is 1.93. The largest absolute Gasteiger partial charge is 0.205 e. The molecule has 0 saturated heterocycles. The second-order valence-electron chi connectivity index (χ2n) is 3.64. The maximum Gasteiger partial charge on any atom is 0.205 e. The Hall–Kier alpha value is -0.840. The molecule has 0 spiro atoms. The predicted molar refractivity (Wildman–Crippen MR) is 49.8 cm³/mol. The van der Waals surface area contributed by atoms with Gasteiger partial charge in [0.05, 0.1) is 0 Å². The van der Waals surface area contributed by atoms with E-state index >= 15 is 0 Å². The van der Waals surface area contributed by atoms with Crippen molar-refractivity contribution >= 4 is 6.21 Å². The van der Waals surface area contributed by atoms with Gasteiger partial charge in [0.25, 0.3) is 0 Å². The molecule has 1 saturated carbocycles. The number of aliphatic imine (C=N–C) groups is 1. The number of hydrogen-bond donors (Lipinski definition) is 0. The second-order valence-corrected chi connectivity index (χ2v) is 3.64. The van der Waals surface area contributed by atoms with Crippen molar-refractivity contribution in [1.29, 1.82) is 5.26 Å². The zero-order chi connectivity index (χ0) is 8.81. The summed E-state index contributed by atoms with van der Waals surface area (Å²) >= 11 is 0. The van der Waals surface area contributed by atoms with Gasteiger partial charge in [0.2, 0.25) is 6.19 Å². The molecule has 0 aromatic rings. The van der Waals surface area contributed by atoms with Crippen LogP contribution in [0.15, 0.2) is 4.99 Å². The van der Waals surface area contributed by atoms with Crippen LogP contribution in [0, 0.1) is 23.3 Å². The normalized spacial score (nSPS) is 22.3. The van der Waals surface area contributed by atoms with Gasteiger partial charge in [-0.2, -0.15) is 10.3 Å². The summed E-state index contributed by atoms with van der Waals surface area (Å²) in [5.74, 6) is 1.26. The van der Waals surface area contributed by atoms with E-state index in [0.717, 1.165) is 5.92 Å². The van der Waals surface area contributed by atoms with Gasteiger partial charge in [0, 0.05) is 6.21 Å². The highest BCUT2D eigenvalue weighted by Crippen LogP contribution is 2.28. The van der Waals surface area contributed by atoms with Gasteiger partial charge in [-0.1, -0.05) is 26.2 Å². The van der Waals surface area contributed by atoms with Crippen LogP contribution in [0.3, 0.4) is 0 Å². The fraction of sp³-hybridized carbons (Fsp3) is 0.800. The fourth-order valence-corrected chi connectivity index (χ4v) is 1.93. The second kappa shape index (κ2) is 4.92. The van der Waals surface area contributed by atoms with Crippen molar-refractivity contribution < 1.29 is 0 Å². The molecule has 1 fully saturated rings. The van der Waals surface area contributed by atoms with Crippen LogP contribution in [-0.4, -0.2) is 6.21 Å². The minimum Gasteiger partial charge on any atom is -0.186 e. The third-order valence-electron chi connectivity index (χ3n) is 2.76. The van der Waals surface area contributed by atoms with Crippen molar-refractivity contribution in [2.24, 2.45) is 16.8 Å². The molecule has 0 aromatic heterocycles. The van der Waals surface area contributed by atoms with E-state index in [4.69, 9.17) is 5.26 Å². The molecule has 2 nitrogen and oxygen atoms in total. The lowest BCUT2D eigenvalue weighted by Gasteiger charge is -2.24. The molecule has 0 radical (unpaired) electrons.